The highest BCUT2D eigenvalue weighted by atomic mass is 32.1. The van der Waals surface area contributed by atoms with Crippen molar-refractivity contribution in [2.24, 2.45) is 0 Å². The fourth-order valence-corrected chi connectivity index (χ4v) is 3.19. The summed E-state index contributed by atoms with van der Waals surface area (Å²) in [6.07, 6.45) is 0. The number of nitrogens with zero attached hydrogens (tertiary/aromatic N) is 2. The SMILES string of the molecule is Cc1ccsc1CN(C)C(=O)c1n[nH]c2ccc(N)cc12. The lowest BCUT2D eigenvalue weighted by Crippen LogP contribution is -2.26. The van der Waals surface area contributed by atoms with Gasteiger partial charge in [0.05, 0.1) is 12.1 Å². The number of nitrogens with one attached hydrogen (secondary N) is 1. The number of carbonyl (C=O) groups excluding carboxylic acids is 1. The average Bonchev–Trinajstić information content (AvgIpc) is 3.04. The molecule has 1 amide bonds. The summed E-state index contributed by atoms with van der Waals surface area (Å²) in [6, 6.07) is 7.45. The molecule has 1 aromatic carbocycles. The van der Waals surface area contributed by atoms with Crippen LogP contribution < -0.4 is 5.73 Å². The number of rotatable bonds is 3. The molecule has 0 aliphatic heterocycles. The predicted octanol–water partition coefficient (Wildman–Crippen LogP) is 2.79. The standard InChI is InChI=1S/C15H16N4OS/c1-9-5-6-21-13(9)8-19(2)15(20)14-11-7-10(16)3-4-12(11)17-18-14/h3-7H,8,16H2,1-2H3,(H,17,18). The Morgan fingerprint density at radius 2 is 2.24 bits per heavy atom. The van der Waals surface area contributed by atoms with Crippen LogP contribution in [0.15, 0.2) is 29.6 Å². The molecule has 3 aromatic rings. The van der Waals surface area contributed by atoms with E-state index in [1.807, 2.05) is 11.4 Å². The molecular weight excluding hydrogens is 284 g/mol. The lowest BCUT2D eigenvalue weighted by molar-refractivity contribution is 0.0782. The van der Waals surface area contributed by atoms with Crippen molar-refractivity contribution in [3.63, 3.8) is 0 Å². The van der Waals surface area contributed by atoms with E-state index in [1.165, 1.54) is 10.4 Å². The molecule has 0 atom stereocenters. The second kappa shape index (κ2) is 5.21. The third-order valence-electron chi connectivity index (χ3n) is 3.49. The van der Waals surface area contributed by atoms with Crippen molar-refractivity contribution < 1.29 is 4.79 Å². The molecule has 21 heavy (non-hydrogen) atoms. The molecular formula is C15H16N4OS. The number of aryl methyl sites for hydroxylation is 1. The van der Waals surface area contributed by atoms with Crippen molar-refractivity contribution in [2.45, 2.75) is 13.5 Å². The van der Waals surface area contributed by atoms with Crippen LogP contribution >= 0.6 is 11.3 Å². The monoisotopic (exact) mass is 300 g/mol. The van der Waals surface area contributed by atoms with Crippen LogP contribution in [-0.4, -0.2) is 28.1 Å². The van der Waals surface area contributed by atoms with Gasteiger partial charge >= 0.3 is 0 Å². The second-order valence-corrected chi connectivity index (χ2v) is 6.07. The van der Waals surface area contributed by atoms with E-state index in [-0.39, 0.29) is 5.91 Å². The normalized spacial score (nSPS) is 11.0. The summed E-state index contributed by atoms with van der Waals surface area (Å²) in [6.45, 7) is 2.63. The van der Waals surface area contributed by atoms with Crippen LogP contribution in [0, 0.1) is 6.92 Å². The summed E-state index contributed by atoms with van der Waals surface area (Å²) in [4.78, 5) is 15.4. The van der Waals surface area contributed by atoms with E-state index in [1.54, 1.807) is 35.4 Å². The maximum absolute atomic E-state index is 12.6. The van der Waals surface area contributed by atoms with Crippen LogP contribution in [0.25, 0.3) is 10.9 Å². The van der Waals surface area contributed by atoms with Crippen LogP contribution in [0.2, 0.25) is 0 Å². The van der Waals surface area contributed by atoms with Gasteiger partial charge in [0.25, 0.3) is 5.91 Å². The van der Waals surface area contributed by atoms with Gasteiger partial charge in [-0.15, -0.1) is 11.3 Å². The maximum Gasteiger partial charge on any atom is 0.275 e. The number of nitrogen functional groups attached to an aromatic ring is 1. The lowest BCUT2D eigenvalue weighted by atomic mass is 10.1. The predicted molar refractivity (Wildman–Crippen MR) is 85.4 cm³/mol. The van der Waals surface area contributed by atoms with E-state index in [0.717, 1.165) is 10.9 Å². The zero-order chi connectivity index (χ0) is 15.0. The number of hydrogen-bond donors (Lipinski definition) is 2. The highest BCUT2D eigenvalue weighted by molar-refractivity contribution is 7.10. The number of aromatic nitrogens is 2. The van der Waals surface area contributed by atoms with Crippen molar-refractivity contribution in [2.75, 3.05) is 12.8 Å². The molecule has 0 bridgehead atoms. The maximum atomic E-state index is 12.6. The van der Waals surface area contributed by atoms with Crippen LogP contribution in [0.5, 0.6) is 0 Å². The topological polar surface area (TPSA) is 75.0 Å². The number of nitrogens with two attached hydrogens (primary N) is 1. The summed E-state index contributed by atoms with van der Waals surface area (Å²) < 4.78 is 0. The lowest BCUT2D eigenvalue weighted by Gasteiger charge is -2.15. The van der Waals surface area contributed by atoms with Crippen molar-refractivity contribution in [3.8, 4) is 0 Å². The van der Waals surface area contributed by atoms with Crippen molar-refractivity contribution in [1.29, 1.82) is 0 Å². The first-order chi connectivity index (χ1) is 10.1. The summed E-state index contributed by atoms with van der Waals surface area (Å²) in [5.74, 6) is -0.111. The second-order valence-electron chi connectivity index (χ2n) is 5.07. The van der Waals surface area contributed by atoms with Gasteiger partial charge in [-0.1, -0.05) is 0 Å². The van der Waals surface area contributed by atoms with Gasteiger partial charge in [-0.05, 0) is 42.1 Å². The molecule has 108 valence electrons. The van der Waals surface area contributed by atoms with Crippen LogP contribution in [0.4, 0.5) is 5.69 Å². The Morgan fingerprint density at radius 1 is 1.43 bits per heavy atom. The summed E-state index contributed by atoms with van der Waals surface area (Å²) in [5.41, 5.74) is 8.84. The molecule has 0 unspecified atom stereocenters. The number of carbonyl (C=O) groups is 1. The van der Waals surface area contributed by atoms with Gasteiger partial charge in [-0.3, -0.25) is 9.89 Å². The Kier molecular flexibility index (Phi) is 3.39. The van der Waals surface area contributed by atoms with E-state index >= 15 is 0 Å². The first-order valence-electron chi connectivity index (χ1n) is 6.58. The highest BCUT2D eigenvalue weighted by Crippen LogP contribution is 2.22. The number of fused-ring (bicyclic) bond motifs is 1. The molecule has 2 heterocycles. The third kappa shape index (κ3) is 2.50. The van der Waals surface area contributed by atoms with Gasteiger partial charge in [-0.2, -0.15) is 5.10 Å². The smallest absolute Gasteiger partial charge is 0.275 e. The molecule has 6 heteroatoms. The largest absolute Gasteiger partial charge is 0.399 e. The minimum absolute atomic E-state index is 0.111. The molecule has 3 rings (SSSR count). The van der Waals surface area contributed by atoms with Crippen LogP contribution in [0.3, 0.4) is 0 Å². The molecule has 0 aliphatic carbocycles. The van der Waals surface area contributed by atoms with Crippen LogP contribution in [0.1, 0.15) is 20.9 Å². The van der Waals surface area contributed by atoms with Crippen molar-refractivity contribution >= 4 is 33.8 Å². The minimum atomic E-state index is -0.111. The molecule has 0 fully saturated rings. The molecule has 3 N–H and O–H groups in total. The first kappa shape index (κ1) is 13.6. The first-order valence-corrected chi connectivity index (χ1v) is 7.46. The molecule has 0 radical (unpaired) electrons. The van der Waals surface area contributed by atoms with Gasteiger partial charge in [0.1, 0.15) is 0 Å². The van der Waals surface area contributed by atoms with Crippen molar-refractivity contribution in [1.82, 2.24) is 15.1 Å². The van der Waals surface area contributed by atoms with Gasteiger partial charge in [0.15, 0.2) is 5.69 Å². The van der Waals surface area contributed by atoms with Gasteiger partial charge < -0.3 is 10.6 Å². The summed E-state index contributed by atoms with van der Waals surface area (Å²) in [7, 11) is 1.79. The fourth-order valence-electron chi connectivity index (χ4n) is 2.23. The van der Waals surface area contributed by atoms with Crippen molar-refractivity contribution in [3.05, 3.63) is 45.8 Å². The molecule has 0 saturated heterocycles. The van der Waals surface area contributed by atoms with Gasteiger partial charge in [0.2, 0.25) is 0 Å². The Balaban J connectivity index is 1.89. The van der Waals surface area contributed by atoms with E-state index in [4.69, 9.17) is 5.73 Å². The Morgan fingerprint density at radius 3 is 2.95 bits per heavy atom. The quantitative estimate of drug-likeness (QED) is 0.730. The molecule has 0 spiro atoms. The van der Waals surface area contributed by atoms with E-state index in [9.17, 15) is 4.79 Å². The number of thiophene rings is 1. The Bertz CT molecular complexity index is 805. The van der Waals surface area contributed by atoms with E-state index < -0.39 is 0 Å². The average molecular weight is 300 g/mol. The highest BCUT2D eigenvalue weighted by Gasteiger charge is 2.19. The summed E-state index contributed by atoms with van der Waals surface area (Å²) in [5, 5.41) is 9.81. The molecule has 2 aromatic heterocycles. The number of aromatic amines is 1. The van der Waals surface area contributed by atoms with E-state index in [0.29, 0.717) is 17.9 Å². The number of H-pyrrole nitrogens is 1. The van der Waals surface area contributed by atoms with Gasteiger partial charge in [0, 0.05) is 23.0 Å². The molecule has 5 nitrogen and oxygen atoms in total. The minimum Gasteiger partial charge on any atom is -0.399 e. The Labute approximate surface area is 126 Å². The number of amides is 1. The van der Waals surface area contributed by atoms with Gasteiger partial charge in [-0.25, -0.2) is 0 Å². The summed E-state index contributed by atoms with van der Waals surface area (Å²) >= 11 is 1.66. The van der Waals surface area contributed by atoms with Crippen LogP contribution in [-0.2, 0) is 6.54 Å². The zero-order valence-electron chi connectivity index (χ0n) is 11.9. The Hall–Kier alpha value is -2.34. The third-order valence-corrected chi connectivity index (χ3v) is 4.49. The molecule has 0 aliphatic rings. The fraction of sp³-hybridized carbons (Fsp3) is 0.200. The molecule has 0 saturated carbocycles. The number of anilines is 1. The number of benzene rings is 1. The number of hydrogen-bond acceptors (Lipinski definition) is 4. The van der Waals surface area contributed by atoms with E-state index in [2.05, 4.69) is 23.2 Å². The zero-order valence-corrected chi connectivity index (χ0v) is 12.7.